The van der Waals surface area contributed by atoms with Crippen molar-refractivity contribution in [1.82, 2.24) is 4.98 Å². The highest BCUT2D eigenvalue weighted by molar-refractivity contribution is 7.19. The largest absolute Gasteiger partial charge is 0.443 e. The van der Waals surface area contributed by atoms with Crippen LogP contribution < -0.4 is 0 Å². The molecule has 39 heavy (non-hydrogen) atoms. The maximum atomic E-state index is 6.25. The number of nitrogens with zero attached hydrogens (tertiary/aromatic N) is 1. The van der Waals surface area contributed by atoms with Crippen LogP contribution in [0.1, 0.15) is 61.9 Å². The number of aromatic nitrogens is 1. The highest BCUT2D eigenvalue weighted by atomic mass is 32.1. The van der Waals surface area contributed by atoms with E-state index in [1.807, 2.05) is 18.3 Å². The normalized spacial score (nSPS) is 12.4. The Kier molecular flexibility index (Phi) is 6.19. The number of benzene rings is 3. The van der Waals surface area contributed by atoms with Gasteiger partial charge in [-0.05, 0) is 101 Å². The summed E-state index contributed by atoms with van der Waals surface area (Å²) in [4.78, 5) is 6.52. The Balaban J connectivity index is 1.60. The second-order valence-corrected chi connectivity index (χ2v) is 13.7. The summed E-state index contributed by atoms with van der Waals surface area (Å²) in [6.45, 7) is 17.9. The Morgan fingerprint density at radius 3 is 2.38 bits per heavy atom. The molecule has 0 radical (unpaired) electrons. The van der Waals surface area contributed by atoms with Crippen molar-refractivity contribution < 1.29 is 4.42 Å². The molecule has 0 N–H and O–H groups in total. The second kappa shape index (κ2) is 9.34. The minimum atomic E-state index is 0.0101. The van der Waals surface area contributed by atoms with E-state index in [1.165, 1.54) is 48.0 Å². The smallest absolute Gasteiger partial charge is 0.227 e. The predicted molar refractivity (Wildman–Crippen MR) is 169 cm³/mol. The first-order chi connectivity index (χ1) is 18.5. The zero-order valence-electron chi connectivity index (χ0n) is 24.3. The van der Waals surface area contributed by atoms with E-state index >= 15 is 0 Å². The van der Waals surface area contributed by atoms with Crippen molar-refractivity contribution in [2.75, 3.05) is 0 Å². The number of pyridine rings is 1. The fourth-order valence-corrected chi connectivity index (χ4v) is 7.05. The van der Waals surface area contributed by atoms with Gasteiger partial charge in [-0.25, -0.2) is 4.98 Å². The third-order valence-electron chi connectivity index (χ3n) is 8.02. The Labute approximate surface area is 235 Å². The van der Waals surface area contributed by atoms with Gasteiger partial charge in [0.05, 0.1) is 11.1 Å². The zero-order chi connectivity index (χ0) is 27.6. The Morgan fingerprint density at radius 2 is 1.64 bits per heavy atom. The Bertz CT molecular complexity index is 1880. The Morgan fingerprint density at radius 1 is 0.872 bits per heavy atom. The Hall–Kier alpha value is -3.43. The lowest BCUT2D eigenvalue weighted by atomic mass is 9.82. The standard InChI is InChI=1S/C36H37NOS/c1-20(2)15-29-23(5)39-33-18-25(13-14-28(29)33)30-19-32(37-35-34(30)21(3)22(4)38-35)26-16-24-11-9-10-12-27(24)31(17-26)36(6,7)8/h9-14,16-20H,15H2,1-8H3. The maximum Gasteiger partial charge on any atom is 0.227 e. The van der Waals surface area contributed by atoms with Crippen LogP contribution in [0.25, 0.3) is 54.3 Å². The van der Waals surface area contributed by atoms with Crippen molar-refractivity contribution in [2.24, 2.45) is 5.92 Å². The minimum absolute atomic E-state index is 0.0101. The highest BCUT2D eigenvalue weighted by Crippen LogP contribution is 2.41. The van der Waals surface area contributed by atoms with Crippen LogP contribution >= 0.6 is 11.3 Å². The van der Waals surface area contributed by atoms with E-state index in [0.29, 0.717) is 11.6 Å². The van der Waals surface area contributed by atoms with Crippen molar-refractivity contribution in [2.45, 2.75) is 67.2 Å². The number of furan rings is 1. The lowest BCUT2D eigenvalue weighted by Gasteiger charge is -2.23. The summed E-state index contributed by atoms with van der Waals surface area (Å²) in [6.07, 6.45) is 1.12. The van der Waals surface area contributed by atoms with E-state index in [9.17, 15) is 0 Å². The first kappa shape index (κ1) is 25.8. The van der Waals surface area contributed by atoms with Gasteiger partial charge in [-0.15, -0.1) is 11.3 Å². The van der Waals surface area contributed by atoms with E-state index in [2.05, 4.69) is 109 Å². The molecule has 6 rings (SSSR count). The molecule has 0 saturated heterocycles. The average Bonchev–Trinajstić information content (AvgIpc) is 3.35. The molecule has 0 aliphatic rings. The van der Waals surface area contributed by atoms with Crippen LogP contribution in [-0.2, 0) is 11.8 Å². The van der Waals surface area contributed by atoms with E-state index in [-0.39, 0.29) is 5.41 Å². The molecule has 6 aromatic rings. The van der Waals surface area contributed by atoms with Crippen LogP contribution in [0, 0.1) is 26.7 Å². The molecular weight excluding hydrogens is 494 g/mol. The van der Waals surface area contributed by atoms with Gasteiger partial charge in [-0.2, -0.15) is 0 Å². The number of aryl methyl sites for hydroxylation is 3. The molecule has 2 nitrogen and oxygen atoms in total. The van der Waals surface area contributed by atoms with Crippen LogP contribution in [-0.4, -0.2) is 4.98 Å². The number of rotatable bonds is 4. The second-order valence-electron chi connectivity index (χ2n) is 12.5. The molecule has 198 valence electrons. The van der Waals surface area contributed by atoms with Gasteiger partial charge < -0.3 is 4.42 Å². The van der Waals surface area contributed by atoms with Gasteiger partial charge in [-0.1, -0.05) is 71.0 Å². The molecule has 3 aromatic carbocycles. The summed E-state index contributed by atoms with van der Waals surface area (Å²) in [5, 5.41) is 5.05. The number of hydrogen-bond acceptors (Lipinski definition) is 3. The molecule has 0 saturated carbocycles. The van der Waals surface area contributed by atoms with Gasteiger partial charge in [0.2, 0.25) is 5.71 Å². The van der Waals surface area contributed by atoms with Gasteiger partial charge in [-0.3, -0.25) is 0 Å². The monoisotopic (exact) mass is 531 g/mol. The minimum Gasteiger partial charge on any atom is -0.443 e. The fraction of sp³-hybridized carbons (Fsp3) is 0.306. The van der Waals surface area contributed by atoms with E-state index < -0.39 is 0 Å². The van der Waals surface area contributed by atoms with Crippen LogP contribution in [0.5, 0.6) is 0 Å². The molecule has 3 aromatic heterocycles. The molecule has 0 fully saturated rings. The van der Waals surface area contributed by atoms with Gasteiger partial charge in [0.25, 0.3) is 0 Å². The van der Waals surface area contributed by atoms with E-state index in [4.69, 9.17) is 9.40 Å². The molecule has 3 heterocycles. The van der Waals surface area contributed by atoms with Crippen molar-refractivity contribution in [1.29, 1.82) is 0 Å². The third-order valence-corrected chi connectivity index (χ3v) is 9.13. The molecule has 0 amide bonds. The van der Waals surface area contributed by atoms with Crippen molar-refractivity contribution >= 4 is 43.3 Å². The van der Waals surface area contributed by atoms with Crippen LogP contribution in [0.2, 0.25) is 0 Å². The first-order valence-corrected chi connectivity index (χ1v) is 14.8. The predicted octanol–water partition coefficient (Wildman–Crippen LogP) is 11.0. The summed E-state index contributed by atoms with van der Waals surface area (Å²) in [5.41, 5.74) is 9.20. The number of fused-ring (bicyclic) bond motifs is 3. The summed E-state index contributed by atoms with van der Waals surface area (Å²) >= 11 is 1.91. The van der Waals surface area contributed by atoms with Crippen LogP contribution in [0.3, 0.4) is 0 Å². The SMILES string of the molecule is Cc1oc2nc(-c3cc(C(C)(C)C)c4ccccc4c3)cc(-c3ccc4c(CC(C)C)c(C)sc4c3)c2c1C. The molecule has 0 unspecified atom stereocenters. The average molecular weight is 532 g/mol. The van der Waals surface area contributed by atoms with Crippen LogP contribution in [0.4, 0.5) is 0 Å². The van der Waals surface area contributed by atoms with E-state index in [1.54, 1.807) is 0 Å². The summed E-state index contributed by atoms with van der Waals surface area (Å²) in [5.74, 6) is 1.57. The third kappa shape index (κ3) is 4.47. The molecule has 0 aliphatic carbocycles. The van der Waals surface area contributed by atoms with Gasteiger partial charge in [0.1, 0.15) is 5.76 Å². The number of hydrogen-bond donors (Lipinski definition) is 0. The number of thiophene rings is 1. The van der Waals surface area contributed by atoms with Gasteiger partial charge >= 0.3 is 0 Å². The van der Waals surface area contributed by atoms with Gasteiger partial charge in [0, 0.05) is 20.7 Å². The lowest BCUT2D eigenvalue weighted by Crippen LogP contribution is -2.12. The molecular formula is C36H37NOS. The maximum absolute atomic E-state index is 6.25. The van der Waals surface area contributed by atoms with Gasteiger partial charge in [0.15, 0.2) is 0 Å². The lowest BCUT2D eigenvalue weighted by molar-refractivity contribution is 0.565. The quantitative estimate of drug-likeness (QED) is 0.226. The molecule has 0 aliphatic heterocycles. The molecule has 0 atom stereocenters. The highest BCUT2D eigenvalue weighted by Gasteiger charge is 2.21. The van der Waals surface area contributed by atoms with E-state index in [0.717, 1.165) is 34.4 Å². The fourth-order valence-electron chi connectivity index (χ4n) is 5.91. The summed E-state index contributed by atoms with van der Waals surface area (Å²) in [7, 11) is 0. The van der Waals surface area contributed by atoms with Crippen molar-refractivity contribution in [3.05, 3.63) is 88.0 Å². The molecule has 3 heteroatoms. The van der Waals surface area contributed by atoms with Crippen molar-refractivity contribution in [3.8, 4) is 22.4 Å². The van der Waals surface area contributed by atoms with Crippen LogP contribution in [0.15, 0.2) is 65.1 Å². The first-order valence-electron chi connectivity index (χ1n) is 14.0. The zero-order valence-corrected chi connectivity index (χ0v) is 25.1. The molecule has 0 spiro atoms. The summed E-state index contributed by atoms with van der Waals surface area (Å²) < 4.78 is 7.61. The van der Waals surface area contributed by atoms with Crippen molar-refractivity contribution in [3.63, 3.8) is 0 Å². The summed E-state index contributed by atoms with van der Waals surface area (Å²) in [6, 6.07) is 22.5. The molecule has 0 bridgehead atoms. The topological polar surface area (TPSA) is 26.0 Å².